The highest BCUT2D eigenvalue weighted by molar-refractivity contribution is 7.90. The maximum Gasteiger partial charge on any atom is 0.338 e. The number of hydrogen-bond donors (Lipinski definition) is 2. The predicted molar refractivity (Wildman–Crippen MR) is 238 cm³/mol. The number of sulfonamides is 2. The zero-order valence-corrected chi connectivity index (χ0v) is 37.1. The van der Waals surface area contributed by atoms with E-state index in [-0.39, 0.29) is 28.2 Å². The molecule has 0 radical (unpaired) electrons. The molecule has 5 rings (SSSR count). The van der Waals surface area contributed by atoms with Gasteiger partial charge in [-0.2, -0.15) is 13.1 Å². The number of unbranched alkanes of at least 4 members (excludes halogenated alkanes) is 11. The van der Waals surface area contributed by atoms with Gasteiger partial charge < -0.3 is 15.0 Å². The molecule has 1 amide bonds. The lowest BCUT2D eigenvalue weighted by Gasteiger charge is -2.27. The molecular weight excluding hydrogens is 789 g/mol. The molecule has 0 saturated carbocycles. The minimum atomic E-state index is -4.21. The van der Waals surface area contributed by atoms with Gasteiger partial charge in [-0.05, 0) is 68.7 Å². The molecule has 0 bridgehead atoms. The summed E-state index contributed by atoms with van der Waals surface area (Å²) in [4.78, 5) is 33.8. The van der Waals surface area contributed by atoms with Crippen LogP contribution in [0.5, 0.6) is 0 Å². The molecule has 2 atom stereocenters. The molecule has 1 saturated heterocycles. The number of amidine groups is 1. The Bertz CT molecular complexity index is 2280. The van der Waals surface area contributed by atoms with Crippen LogP contribution in [0.15, 0.2) is 74.9 Å². The highest BCUT2D eigenvalue weighted by Crippen LogP contribution is 2.40. The summed E-state index contributed by atoms with van der Waals surface area (Å²) in [6, 6.07) is 16.8. The van der Waals surface area contributed by atoms with E-state index in [4.69, 9.17) is 9.73 Å². The van der Waals surface area contributed by atoms with Crippen molar-refractivity contribution in [2.45, 2.75) is 116 Å². The first-order chi connectivity index (χ1) is 28.1. The van der Waals surface area contributed by atoms with Crippen LogP contribution in [0.25, 0.3) is 0 Å². The Morgan fingerprint density at radius 1 is 0.881 bits per heavy atom. The van der Waals surface area contributed by atoms with Gasteiger partial charge in [-0.3, -0.25) is 9.28 Å². The Hall–Kier alpha value is -4.44. The lowest BCUT2D eigenvalue weighted by molar-refractivity contribution is -0.110. The third-order valence-electron chi connectivity index (χ3n) is 11.2. The number of amides is 1. The number of aryl methyl sites for hydroxylation is 2. The molecule has 320 valence electrons. The van der Waals surface area contributed by atoms with Crippen molar-refractivity contribution < 1.29 is 31.2 Å². The number of quaternary nitrogens is 1. The number of likely N-dealkylation sites (N-methyl/N-ethyl adjacent to an activating group) is 1. The van der Waals surface area contributed by atoms with Crippen LogP contribution in [0.3, 0.4) is 0 Å². The highest BCUT2D eigenvalue weighted by atomic mass is 32.2. The molecule has 0 aliphatic carbocycles. The number of esters is 1. The zero-order chi connectivity index (χ0) is 42.8. The lowest BCUT2D eigenvalue weighted by atomic mass is 10.1. The van der Waals surface area contributed by atoms with Gasteiger partial charge in [0.1, 0.15) is 10.6 Å². The molecule has 2 unspecified atom stereocenters. The van der Waals surface area contributed by atoms with Gasteiger partial charge in [-0.25, -0.2) is 18.2 Å². The summed E-state index contributed by atoms with van der Waals surface area (Å²) in [6.07, 6.45) is 15.3. The summed E-state index contributed by atoms with van der Waals surface area (Å²) in [5.74, 6) is -1.42. The van der Waals surface area contributed by atoms with Gasteiger partial charge in [-0.1, -0.05) is 95.8 Å². The van der Waals surface area contributed by atoms with Gasteiger partial charge in [0, 0.05) is 24.9 Å². The minimum Gasteiger partial charge on any atom is -0.462 e. The van der Waals surface area contributed by atoms with E-state index in [9.17, 15) is 26.4 Å². The minimum absolute atomic E-state index is 0.00131. The quantitative estimate of drug-likeness (QED) is 0.0335. The summed E-state index contributed by atoms with van der Waals surface area (Å²) in [7, 11) is -6.00. The lowest BCUT2D eigenvalue weighted by Crippen LogP contribution is -2.43. The SMILES string of the molecule is CCCCCCCCCCCCCCOC(=O)c1ccc(C)c(NC(=O)C(=Nc2ccc([N+]3(CC)CC3NS(C)(=O)=O)cc2C)C2=NS(=O)(=O)c3ccccc3N2C)c1. The van der Waals surface area contributed by atoms with Crippen molar-refractivity contribution >= 4 is 66.2 Å². The van der Waals surface area contributed by atoms with Gasteiger partial charge in [0.15, 0.2) is 18.1 Å². The molecule has 2 aliphatic rings. The number of nitrogens with zero attached hydrogens (tertiary/aromatic N) is 4. The molecule has 3 aromatic carbocycles. The smallest absolute Gasteiger partial charge is 0.338 e. The standard InChI is InChI=1S/C44H60N6O7S2/c1-7-9-10-11-12-13-14-15-16-17-18-21-28-57-44(52)34-25-24-32(3)37(30-34)46-43(51)41(42-48-59(55,56)39-23-20-19-22-38(39)49(42)5)45-36-27-26-35(29-33(36)4)50(8-2)31-40(50)47-58(6,53)54/h19-20,22-27,29-30,40,47H,7-18,21,28,31H2,1-6H3/p+1. The van der Waals surface area contributed by atoms with Crippen LogP contribution < -0.4 is 19.4 Å². The monoisotopic (exact) mass is 849 g/mol. The molecule has 59 heavy (non-hydrogen) atoms. The maximum absolute atomic E-state index is 14.4. The fourth-order valence-corrected chi connectivity index (χ4v) is 9.60. The molecule has 2 N–H and O–H groups in total. The van der Waals surface area contributed by atoms with Crippen LogP contribution in [0.1, 0.15) is 112 Å². The molecular formula is C44H61N6O7S2+. The number of carbonyl (C=O) groups is 2. The van der Waals surface area contributed by atoms with E-state index in [1.165, 1.54) is 68.8 Å². The van der Waals surface area contributed by atoms with Crippen molar-refractivity contribution in [2.24, 2.45) is 9.39 Å². The summed E-state index contributed by atoms with van der Waals surface area (Å²) >= 11 is 0. The Morgan fingerprint density at radius 2 is 1.53 bits per heavy atom. The van der Waals surface area contributed by atoms with E-state index >= 15 is 0 Å². The van der Waals surface area contributed by atoms with E-state index in [1.54, 1.807) is 56.4 Å². The second-order valence-corrected chi connectivity index (χ2v) is 19.1. The van der Waals surface area contributed by atoms with E-state index in [0.29, 0.717) is 52.4 Å². The summed E-state index contributed by atoms with van der Waals surface area (Å²) < 4.78 is 63.7. The number of aliphatic imine (C=N–C) groups is 1. The first-order valence-electron chi connectivity index (χ1n) is 20.9. The Balaban J connectivity index is 1.31. The predicted octanol–water partition coefficient (Wildman–Crippen LogP) is 8.33. The fourth-order valence-electron chi connectivity index (χ4n) is 7.58. The molecule has 13 nitrogen and oxygen atoms in total. The topological polar surface area (TPSA) is 164 Å². The van der Waals surface area contributed by atoms with Crippen molar-refractivity contribution in [1.29, 1.82) is 0 Å². The largest absolute Gasteiger partial charge is 0.462 e. The van der Waals surface area contributed by atoms with Gasteiger partial charge in [0.05, 0.1) is 36.3 Å². The Morgan fingerprint density at radius 3 is 2.15 bits per heavy atom. The molecule has 0 spiro atoms. The van der Waals surface area contributed by atoms with Crippen molar-refractivity contribution in [3.63, 3.8) is 0 Å². The van der Waals surface area contributed by atoms with Crippen LogP contribution in [0.2, 0.25) is 0 Å². The summed E-state index contributed by atoms with van der Waals surface area (Å²) in [6.45, 7) is 9.36. The number of ether oxygens (including phenoxy) is 1. The number of para-hydroxylation sites is 1. The third-order valence-corrected chi connectivity index (χ3v) is 13.2. The molecule has 3 aromatic rings. The van der Waals surface area contributed by atoms with E-state index in [0.717, 1.165) is 31.2 Å². The van der Waals surface area contributed by atoms with Crippen molar-refractivity contribution in [2.75, 3.05) is 43.2 Å². The number of anilines is 2. The molecule has 15 heteroatoms. The van der Waals surface area contributed by atoms with Crippen LogP contribution >= 0.6 is 0 Å². The average molecular weight is 850 g/mol. The fraction of sp³-hybridized carbons (Fsp3) is 0.500. The number of rotatable bonds is 22. The van der Waals surface area contributed by atoms with Gasteiger partial charge in [0.2, 0.25) is 16.2 Å². The second kappa shape index (κ2) is 20.2. The zero-order valence-electron chi connectivity index (χ0n) is 35.4. The molecule has 0 aromatic heterocycles. The van der Waals surface area contributed by atoms with Crippen molar-refractivity contribution in [3.05, 3.63) is 77.4 Å². The average Bonchev–Trinajstić information content (AvgIpc) is 3.90. The van der Waals surface area contributed by atoms with Crippen LogP contribution in [-0.2, 0) is 29.6 Å². The number of hydrogen-bond acceptors (Lipinski definition) is 9. The number of carbonyl (C=O) groups excluding carboxylic acids is 2. The normalized spacial score (nSPS) is 18.5. The van der Waals surface area contributed by atoms with Gasteiger partial charge >= 0.3 is 5.97 Å². The van der Waals surface area contributed by atoms with Crippen LogP contribution in [-0.4, -0.2) is 79.4 Å². The molecule has 2 aliphatic heterocycles. The molecule has 1 fully saturated rings. The maximum atomic E-state index is 14.4. The van der Waals surface area contributed by atoms with E-state index < -0.39 is 31.9 Å². The third kappa shape index (κ3) is 11.9. The molecule has 2 heterocycles. The number of nitrogens with one attached hydrogen (secondary N) is 2. The first-order valence-corrected chi connectivity index (χ1v) is 24.2. The summed E-state index contributed by atoms with van der Waals surface area (Å²) in [5.41, 5.74) is 3.28. The number of fused-ring (bicyclic) bond motifs is 1. The van der Waals surface area contributed by atoms with Gasteiger partial charge in [-0.15, -0.1) is 4.40 Å². The van der Waals surface area contributed by atoms with E-state index in [2.05, 4.69) is 21.4 Å². The van der Waals surface area contributed by atoms with Crippen molar-refractivity contribution in [1.82, 2.24) is 9.21 Å². The second-order valence-electron chi connectivity index (χ2n) is 15.8. The highest BCUT2D eigenvalue weighted by Gasteiger charge is 2.57. The van der Waals surface area contributed by atoms with Crippen LogP contribution in [0.4, 0.5) is 22.7 Å². The van der Waals surface area contributed by atoms with E-state index in [1.807, 2.05) is 26.0 Å². The Kier molecular flexibility index (Phi) is 15.6. The van der Waals surface area contributed by atoms with Crippen LogP contribution in [0, 0.1) is 13.8 Å². The Labute approximate surface area is 351 Å². The van der Waals surface area contributed by atoms with Crippen molar-refractivity contribution in [3.8, 4) is 0 Å². The van der Waals surface area contributed by atoms with Gasteiger partial charge in [0.25, 0.3) is 15.9 Å². The first kappa shape index (κ1) is 45.6. The number of benzene rings is 3. The summed E-state index contributed by atoms with van der Waals surface area (Å²) in [5, 5.41) is 2.87.